The summed E-state index contributed by atoms with van der Waals surface area (Å²) in [6.07, 6.45) is 1.19. The predicted molar refractivity (Wildman–Crippen MR) is 68.5 cm³/mol. The molecule has 3 rings (SSSR count). The Labute approximate surface area is 107 Å². The maximum atomic E-state index is 5.71. The van der Waals surface area contributed by atoms with E-state index < -0.39 is 0 Å². The van der Waals surface area contributed by atoms with Crippen molar-refractivity contribution in [3.63, 3.8) is 0 Å². The van der Waals surface area contributed by atoms with Crippen LogP contribution in [0.5, 0.6) is 0 Å². The molecule has 2 aliphatic rings. The molecule has 18 heavy (non-hydrogen) atoms. The zero-order chi connectivity index (χ0) is 12.5. The number of piperazine rings is 1. The number of H-pyrrole nitrogens is 1. The molecular weight excluding hydrogens is 230 g/mol. The Bertz CT molecular complexity index is 407. The van der Waals surface area contributed by atoms with Crippen LogP contribution in [0.15, 0.2) is 0 Å². The monoisotopic (exact) mass is 251 g/mol. The smallest absolute Gasteiger partial charge is 0.244 e. The van der Waals surface area contributed by atoms with Gasteiger partial charge in [-0.3, -0.25) is 5.10 Å². The molecule has 0 aromatic carbocycles. The topological polar surface area (TPSA) is 66.1 Å². The second-order valence-corrected chi connectivity index (χ2v) is 5.38. The van der Waals surface area contributed by atoms with E-state index in [9.17, 15) is 0 Å². The van der Waals surface area contributed by atoms with Crippen LogP contribution in [0, 0.1) is 5.92 Å². The molecule has 3 atom stereocenters. The Morgan fingerprint density at radius 3 is 3.00 bits per heavy atom. The third-order valence-electron chi connectivity index (χ3n) is 3.80. The maximum absolute atomic E-state index is 5.71. The first-order chi connectivity index (χ1) is 8.74. The average Bonchev–Trinajstić information content (AvgIpc) is 2.97. The molecule has 0 spiro atoms. The zero-order valence-electron chi connectivity index (χ0n) is 11.0. The van der Waals surface area contributed by atoms with E-state index in [0.717, 1.165) is 44.4 Å². The molecule has 2 aliphatic heterocycles. The van der Waals surface area contributed by atoms with E-state index in [4.69, 9.17) is 4.74 Å². The Hall–Kier alpha value is -1.14. The van der Waals surface area contributed by atoms with Crippen molar-refractivity contribution in [3.05, 3.63) is 5.82 Å². The molecule has 2 fully saturated rings. The minimum Gasteiger partial charge on any atom is -0.370 e. The van der Waals surface area contributed by atoms with E-state index in [2.05, 4.69) is 39.2 Å². The van der Waals surface area contributed by atoms with Crippen molar-refractivity contribution >= 4 is 5.95 Å². The lowest BCUT2D eigenvalue weighted by atomic mass is 10.0. The Kier molecular flexibility index (Phi) is 3.22. The fourth-order valence-corrected chi connectivity index (χ4v) is 2.69. The Morgan fingerprint density at radius 1 is 1.39 bits per heavy atom. The molecule has 3 heterocycles. The normalized spacial score (nSPS) is 33.0. The van der Waals surface area contributed by atoms with Crippen LogP contribution in [-0.2, 0) is 4.74 Å². The van der Waals surface area contributed by atoms with Gasteiger partial charge in [-0.25, -0.2) is 0 Å². The summed E-state index contributed by atoms with van der Waals surface area (Å²) in [6, 6.07) is 0.488. The number of hydrogen-bond acceptors (Lipinski definition) is 5. The minimum absolute atomic E-state index is 0.0894. The molecule has 0 aliphatic carbocycles. The average molecular weight is 251 g/mol. The molecule has 0 saturated carbocycles. The van der Waals surface area contributed by atoms with E-state index in [1.807, 2.05) is 0 Å². The number of nitrogens with one attached hydrogen (secondary N) is 2. The van der Waals surface area contributed by atoms with Crippen LogP contribution < -0.4 is 10.2 Å². The summed E-state index contributed by atoms with van der Waals surface area (Å²) in [5.74, 6) is 2.20. The van der Waals surface area contributed by atoms with Crippen molar-refractivity contribution in [2.45, 2.75) is 32.4 Å². The summed E-state index contributed by atoms with van der Waals surface area (Å²) >= 11 is 0. The SMILES string of the molecule is CC1CCOC1c1nc(N2CCN[C@@H](C)C2)n[nH]1. The molecule has 2 saturated heterocycles. The molecule has 0 bridgehead atoms. The van der Waals surface area contributed by atoms with Gasteiger partial charge in [0.25, 0.3) is 0 Å². The van der Waals surface area contributed by atoms with Crippen molar-refractivity contribution in [2.75, 3.05) is 31.1 Å². The first-order valence-corrected chi connectivity index (χ1v) is 6.76. The highest BCUT2D eigenvalue weighted by Crippen LogP contribution is 2.32. The summed E-state index contributed by atoms with van der Waals surface area (Å²) in [4.78, 5) is 6.83. The number of ether oxygens (including phenoxy) is 1. The Morgan fingerprint density at radius 2 is 2.28 bits per heavy atom. The molecule has 1 aromatic heterocycles. The molecule has 0 radical (unpaired) electrons. The van der Waals surface area contributed by atoms with Crippen molar-refractivity contribution in [1.29, 1.82) is 0 Å². The van der Waals surface area contributed by atoms with Crippen molar-refractivity contribution in [2.24, 2.45) is 5.92 Å². The van der Waals surface area contributed by atoms with Gasteiger partial charge < -0.3 is 15.0 Å². The number of hydrogen-bond donors (Lipinski definition) is 2. The van der Waals surface area contributed by atoms with Crippen LogP contribution in [-0.4, -0.2) is 47.5 Å². The van der Waals surface area contributed by atoms with E-state index in [1.54, 1.807) is 0 Å². The fraction of sp³-hybridized carbons (Fsp3) is 0.833. The maximum Gasteiger partial charge on any atom is 0.244 e. The molecule has 0 amide bonds. The van der Waals surface area contributed by atoms with Crippen LogP contribution in [0.25, 0.3) is 0 Å². The highest BCUT2D eigenvalue weighted by Gasteiger charge is 2.29. The van der Waals surface area contributed by atoms with Crippen molar-refractivity contribution in [1.82, 2.24) is 20.5 Å². The largest absolute Gasteiger partial charge is 0.370 e. The molecule has 1 aromatic rings. The fourth-order valence-electron chi connectivity index (χ4n) is 2.69. The second-order valence-electron chi connectivity index (χ2n) is 5.38. The van der Waals surface area contributed by atoms with E-state index in [0.29, 0.717) is 12.0 Å². The first-order valence-electron chi connectivity index (χ1n) is 6.76. The van der Waals surface area contributed by atoms with Gasteiger partial charge in [0.1, 0.15) is 6.10 Å². The molecule has 6 heteroatoms. The van der Waals surface area contributed by atoms with Gasteiger partial charge in [0, 0.05) is 32.3 Å². The van der Waals surface area contributed by atoms with Gasteiger partial charge in [0.15, 0.2) is 5.82 Å². The van der Waals surface area contributed by atoms with E-state index >= 15 is 0 Å². The summed E-state index contributed by atoms with van der Waals surface area (Å²) in [5, 5.41) is 10.8. The number of aromatic nitrogens is 3. The van der Waals surface area contributed by atoms with Gasteiger partial charge in [-0.05, 0) is 19.3 Å². The van der Waals surface area contributed by atoms with Crippen LogP contribution in [0.3, 0.4) is 0 Å². The third kappa shape index (κ3) is 2.22. The minimum atomic E-state index is 0.0894. The van der Waals surface area contributed by atoms with Crippen LogP contribution in [0.1, 0.15) is 32.2 Å². The van der Waals surface area contributed by atoms with E-state index in [-0.39, 0.29) is 6.10 Å². The lowest BCUT2D eigenvalue weighted by molar-refractivity contribution is 0.0876. The molecule has 100 valence electrons. The van der Waals surface area contributed by atoms with Crippen molar-refractivity contribution in [3.8, 4) is 0 Å². The van der Waals surface area contributed by atoms with Gasteiger partial charge >= 0.3 is 0 Å². The predicted octanol–water partition coefficient (Wildman–Crippen LogP) is 0.700. The highest BCUT2D eigenvalue weighted by atomic mass is 16.5. The van der Waals surface area contributed by atoms with Gasteiger partial charge in [0.2, 0.25) is 5.95 Å². The van der Waals surface area contributed by atoms with Gasteiger partial charge in [0.05, 0.1) is 0 Å². The first kappa shape index (κ1) is 11.9. The van der Waals surface area contributed by atoms with Crippen LogP contribution >= 0.6 is 0 Å². The summed E-state index contributed by atoms with van der Waals surface area (Å²) in [7, 11) is 0. The summed E-state index contributed by atoms with van der Waals surface area (Å²) in [6.45, 7) is 8.11. The van der Waals surface area contributed by atoms with Crippen LogP contribution in [0.2, 0.25) is 0 Å². The second kappa shape index (κ2) is 4.85. The summed E-state index contributed by atoms with van der Waals surface area (Å²) in [5.41, 5.74) is 0. The quantitative estimate of drug-likeness (QED) is 0.810. The highest BCUT2D eigenvalue weighted by molar-refractivity contribution is 5.30. The lowest BCUT2D eigenvalue weighted by Crippen LogP contribution is -2.49. The van der Waals surface area contributed by atoms with E-state index in [1.165, 1.54) is 0 Å². The number of rotatable bonds is 2. The number of anilines is 1. The van der Waals surface area contributed by atoms with Crippen molar-refractivity contribution < 1.29 is 4.74 Å². The lowest BCUT2D eigenvalue weighted by Gasteiger charge is -2.30. The number of nitrogens with zero attached hydrogens (tertiary/aromatic N) is 3. The molecule has 6 nitrogen and oxygen atoms in total. The molecule has 2 unspecified atom stereocenters. The Balaban J connectivity index is 1.72. The molecule has 2 N–H and O–H groups in total. The number of aromatic amines is 1. The van der Waals surface area contributed by atoms with Crippen LogP contribution in [0.4, 0.5) is 5.95 Å². The zero-order valence-corrected chi connectivity index (χ0v) is 11.0. The third-order valence-corrected chi connectivity index (χ3v) is 3.80. The van der Waals surface area contributed by atoms with Gasteiger partial charge in [-0.15, -0.1) is 5.10 Å². The molecular formula is C12H21N5O. The van der Waals surface area contributed by atoms with Gasteiger partial charge in [-0.2, -0.15) is 4.98 Å². The summed E-state index contributed by atoms with van der Waals surface area (Å²) < 4.78 is 5.71. The standard InChI is InChI=1S/C12H21N5O/c1-8-3-6-18-10(8)11-14-12(16-15-11)17-5-4-13-9(2)7-17/h8-10,13H,3-7H2,1-2H3,(H,14,15,16)/t8?,9-,10?/m0/s1. The van der Waals surface area contributed by atoms with Gasteiger partial charge in [-0.1, -0.05) is 6.92 Å².